The molecule has 17 heavy (non-hydrogen) atoms. The Morgan fingerprint density at radius 3 is 2.35 bits per heavy atom. The van der Waals surface area contributed by atoms with Crippen molar-refractivity contribution < 1.29 is 13.2 Å². The summed E-state index contributed by atoms with van der Waals surface area (Å²) in [5, 5.41) is 3.33. The molecule has 0 aromatic carbocycles. The maximum Gasteiger partial charge on any atom is 0.152 e. The van der Waals surface area contributed by atoms with E-state index in [4.69, 9.17) is 4.74 Å². The van der Waals surface area contributed by atoms with Crippen LogP contribution in [0.3, 0.4) is 0 Å². The number of hydrogen-bond acceptors (Lipinski definition) is 5. The first-order valence-electron chi connectivity index (χ1n) is 6.24. The predicted octanol–water partition coefficient (Wildman–Crippen LogP) is -0.515. The topological polar surface area (TPSA) is 58.6 Å². The number of methoxy groups -OCH3 is 1. The van der Waals surface area contributed by atoms with Crippen LogP contribution in [0.5, 0.6) is 0 Å². The maximum absolute atomic E-state index is 11.4. The van der Waals surface area contributed by atoms with Gasteiger partial charge in [0.05, 0.1) is 17.1 Å². The van der Waals surface area contributed by atoms with Gasteiger partial charge in [-0.2, -0.15) is 0 Å². The summed E-state index contributed by atoms with van der Waals surface area (Å²) >= 11 is 0. The minimum atomic E-state index is -2.78. The lowest BCUT2D eigenvalue weighted by atomic mass is 9.91. The van der Waals surface area contributed by atoms with Gasteiger partial charge in [-0.05, 0) is 25.9 Å². The second-order valence-corrected chi connectivity index (χ2v) is 7.37. The van der Waals surface area contributed by atoms with Gasteiger partial charge in [-0.25, -0.2) is 8.42 Å². The number of nitrogens with one attached hydrogen (secondary N) is 1. The molecular weight excluding hydrogens is 240 g/mol. The van der Waals surface area contributed by atoms with Crippen molar-refractivity contribution in [2.75, 3.05) is 51.3 Å². The summed E-state index contributed by atoms with van der Waals surface area (Å²) in [5.74, 6) is 0.593. The van der Waals surface area contributed by atoms with E-state index in [0.29, 0.717) is 24.6 Å². The monoisotopic (exact) mass is 262 g/mol. The lowest BCUT2D eigenvalue weighted by Gasteiger charge is -2.41. The van der Waals surface area contributed by atoms with Crippen LogP contribution >= 0.6 is 0 Å². The summed E-state index contributed by atoms with van der Waals surface area (Å²) in [6.45, 7) is 4.14. The third kappa shape index (κ3) is 3.40. The number of nitrogens with zero attached hydrogens (tertiary/aromatic N) is 1. The van der Waals surface area contributed by atoms with Crippen molar-refractivity contribution in [3.8, 4) is 0 Å². The van der Waals surface area contributed by atoms with Crippen LogP contribution in [-0.2, 0) is 14.6 Å². The molecule has 0 aliphatic carbocycles. The fourth-order valence-corrected chi connectivity index (χ4v) is 3.90. The summed E-state index contributed by atoms with van der Waals surface area (Å²) in [5.41, 5.74) is -0.0770. The minimum absolute atomic E-state index is 0.0770. The Morgan fingerprint density at radius 1 is 1.24 bits per heavy atom. The highest BCUT2D eigenvalue weighted by Crippen LogP contribution is 2.24. The molecular formula is C11H22N2O3S. The standard InChI is InChI=1S/C11H22N2O3S/c1-16-11(2-4-12-5-3-11)10-13-6-8-17(14,15)9-7-13/h12H,2-10H2,1H3. The Hall–Kier alpha value is -0.170. The Balaban J connectivity index is 1.91. The van der Waals surface area contributed by atoms with Crippen LogP contribution in [0, 0.1) is 0 Å². The first-order chi connectivity index (χ1) is 8.05. The van der Waals surface area contributed by atoms with E-state index in [1.54, 1.807) is 7.11 Å². The van der Waals surface area contributed by atoms with Gasteiger partial charge in [0.25, 0.3) is 0 Å². The molecule has 0 amide bonds. The third-order valence-electron chi connectivity index (χ3n) is 3.90. The largest absolute Gasteiger partial charge is 0.377 e. The van der Waals surface area contributed by atoms with E-state index in [1.165, 1.54) is 0 Å². The molecule has 2 aliphatic rings. The normalized spacial score (nSPS) is 29.0. The minimum Gasteiger partial charge on any atom is -0.377 e. The maximum atomic E-state index is 11.4. The lowest BCUT2D eigenvalue weighted by molar-refractivity contribution is -0.0558. The molecule has 2 aliphatic heterocycles. The first kappa shape index (κ1) is 13.3. The van der Waals surface area contributed by atoms with Gasteiger partial charge in [0, 0.05) is 26.7 Å². The second-order valence-electron chi connectivity index (χ2n) is 5.07. The third-order valence-corrected chi connectivity index (χ3v) is 5.51. The van der Waals surface area contributed by atoms with E-state index in [0.717, 1.165) is 32.5 Å². The van der Waals surface area contributed by atoms with Crippen LogP contribution in [0.2, 0.25) is 0 Å². The quantitative estimate of drug-likeness (QED) is 0.742. The Kier molecular flexibility index (Phi) is 4.07. The van der Waals surface area contributed by atoms with Gasteiger partial charge in [0.15, 0.2) is 9.84 Å². The van der Waals surface area contributed by atoms with Crippen molar-refractivity contribution in [1.29, 1.82) is 0 Å². The molecule has 2 rings (SSSR count). The van der Waals surface area contributed by atoms with E-state index in [2.05, 4.69) is 10.2 Å². The zero-order valence-electron chi connectivity index (χ0n) is 10.4. The summed E-state index contributed by atoms with van der Waals surface area (Å²) in [6.07, 6.45) is 2.01. The van der Waals surface area contributed by atoms with Crippen LogP contribution in [0.15, 0.2) is 0 Å². The SMILES string of the molecule is COC1(CN2CCS(=O)(=O)CC2)CCNCC1. The fraction of sp³-hybridized carbons (Fsp3) is 1.00. The van der Waals surface area contributed by atoms with Gasteiger partial charge in [0.1, 0.15) is 0 Å². The number of sulfone groups is 1. The molecule has 1 N–H and O–H groups in total. The number of rotatable bonds is 3. The molecule has 5 nitrogen and oxygen atoms in total. The highest BCUT2D eigenvalue weighted by atomic mass is 32.2. The summed E-state index contributed by atoms with van der Waals surface area (Å²) in [6, 6.07) is 0. The molecule has 0 spiro atoms. The second kappa shape index (κ2) is 5.22. The van der Waals surface area contributed by atoms with Gasteiger partial charge < -0.3 is 10.1 Å². The van der Waals surface area contributed by atoms with Crippen molar-refractivity contribution in [1.82, 2.24) is 10.2 Å². The van der Waals surface area contributed by atoms with Gasteiger partial charge in [-0.1, -0.05) is 0 Å². The number of piperidine rings is 1. The zero-order chi connectivity index (χ0) is 12.4. The molecule has 0 aromatic heterocycles. The van der Waals surface area contributed by atoms with E-state index >= 15 is 0 Å². The van der Waals surface area contributed by atoms with Gasteiger partial charge in [-0.15, -0.1) is 0 Å². The molecule has 0 saturated carbocycles. The first-order valence-corrected chi connectivity index (χ1v) is 8.06. The van der Waals surface area contributed by atoms with Gasteiger partial charge in [-0.3, -0.25) is 4.90 Å². The van der Waals surface area contributed by atoms with E-state index in [1.807, 2.05) is 0 Å². The molecule has 0 atom stereocenters. The van der Waals surface area contributed by atoms with E-state index in [-0.39, 0.29) is 5.60 Å². The van der Waals surface area contributed by atoms with E-state index < -0.39 is 9.84 Å². The average Bonchev–Trinajstić information content (AvgIpc) is 2.33. The van der Waals surface area contributed by atoms with Crippen molar-refractivity contribution in [3.63, 3.8) is 0 Å². The van der Waals surface area contributed by atoms with Crippen LogP contribution in [0.25, 0.3) is 0 Å². The molecule has 0 aromatic rings. The number of hydrogen-bond donors (Lipinski definition) is 1. The predicted molar refractivity (Wildman–Crippen MR) is 66.9 cm³/mol. The molecule has 6 heteroatoms. The zero-order valence-corrected chi connectivity index (χ0v) is 11.3. The average molecular weight is 262 g/mol. The van der Waals surface area contributed by atoms with Gasteiger partial charge >= 0.3 is 0 Å². The van der Waals surface area contributed by atoms with Crippen LogP contribution < -0.4 is 5.32 Å². The highest BCUT2D eigenvalue weighted by molar-refractivity contribution is 7.91. The Bertz CT molecular complexity index is 336. The van der Waals surface area contributed by atoms with Gasteiger partial charge in [0.2, 0.25) is 0 Å². The van der Waals surface area contributed by atoms with Crippen molar-refractivity contribution >= 4 is 9.84 Å². The summed E-state index contributed by atoms with van der Waals surface area (Å²) in [7, 11) is -1.01. The molecule has 2 fully saturated rings. The Morgan fingerprint density at radius 2 is 1.82 bits per heavy atom. The fourth-order valence-electron chi connectivity index (χ4n) is 2.63. The molecule has 0 unspecified atom stereocenters. The van der Waals surface area contributed by atoms with Crippen molar-refractivity contribution in [3.05, 3.63) is 0 Å². The van der Waals surface area contributed by atoms with Crippen molar-refractivity contribution in [2.24, 2.45) is 0 Å². The molecule has 100 valence electrons. The molecule has 2 heterocycles. The highest BCUT2D eigenvalue weighted by Gasteiger charge is 2.35. The van der Waals surface area contributed by atoms with Crippen molar-refractivity contribution in [2.45, 2.75) is 18.4 Å². The van der Waals surface area contributed by atoms with Crippen LogP contribution in [-0.4, -0.2) is 70.3 Å². The number of ether oxygens (including phenoxy) is 1. The molecule has 0 bridgehead atoms. The molecule has 2 saturated heterocycles. The van der Waals surface area contributed by atoms with Crippen LogP contribution in [0.4, 0.5) is 0 Å². The smallest absolute Gasteiger partial charge is 0.152 e. The van der Waals surface area contributed by atoms with E-state index in [9.17, 15) is 8.42 Å². The van der Waals surface area contributed by atoms with Crippen LogP contribution in [0.1, 0.15) is 12.8 Å². The summed E-state index contributed by atoms with van der Waals surface area (Å²) in [4.78, 5) is 2.23. The molecule has 0 radical (unpaired) electrons. The summed E-state index contributed by atoms with van der Waals surface area (Å²) < 4.78 is 28.4. The lowest BCUT2D eigenvalue weighted by Crippen LogP contribution is -2.53. The Labute approximate surface area is 103 Å².